The molecule has 3 aromatic rings. The highest BCUT2D eigenvalue weighted by Crippen LogP contribution is 2.25. The summed E-state index contributed by atoms with van der Waals surface area (Å²) in [7, 11) is 0. The van der Waals surface area contributed by atoms with Gasteiger partial charge in [0.05, 0.1) is 5.70 Å². The van der Waals surface area contributed by atoms with Gasteiger partial charge in [0.15, 0.2) is 23.1 Å². The number of nitrogens with zero attached hydrogens (tertiary/aromatic N) is 3. The minimum absolute atomic E-state index is 0.159. The smallest absolute Gasteiger partial charge is 0.226 e. The van der Waals surface area contributed by atoms with Gasteiger partial charge in [0.25, 0.3) is 0 Å². The number of H-pyrrole nitrogens is 1. The molecule has 0 fully saturated rings. The number of benzene rings is 1. The van der Waals surface area contributed by atoms with Crippen molar-refractivity contribution in [3.63, 3.8) is 0 Å². The second-order valence-corrected chi connectivity index (χ2v) is 7.50. The summed E-state index contributed by atoms with van der Waals surface area (Å²) in [6, 6.07) is 4.61. The lowest BCUT2D eigenvalue weighted by molar-refractivity contribution is 0.371. The molecule has 2 heterocycles. The highest BCUT2D eigenvalue weighted by Gasteiger charge is 2.12. The molecule has 1 aromatic carbocycles. The van der Waals surface area contributed by atoms with Gasteiger partial charge < -0.3 is 30.4 Å². The first-order valence-corrected chi connectivity index (χ1v) is 10.6. The molecule has 10 heteroatoms. The summed E-state index contributed by atoms with van der Waals surface area (Å²) in [4.78, 5) is 11.7. The van der Waals surface area contributed by atoms with Crippen LogP contribution in [0.5, 0.6) is 11.5 Å². The Morgan fingerprint density at radius 3 is 2.81 bits per heavy atom. The van der Waals surface area contributed by atoms with Crippen molar-refractivity contribution in [3.05, 3.63) is 53.0 Å². The van der Waals surface area contributed by atoms with Crippen LogP contribution in [0.3, 0.4) is 0 Å². The van der Waals surface area contributed by atoms with E-state index in [4.69, 9.17) is 16.1 Å². The molecular formula is C21H27ClN6O3. The van der Waals surface area contributed by atoms with Crippen molar-refractivity contribution in [2.75, 3.05) is 18.4 Å². The molecule has 0 spiro atoms. The fraction of sp³-hybridized carbons (Fsp3) is 0.381. The fourth-order valence-corrected chi connectivity index (χ4v) is 3.15. The monoisotopic (exact) mass is 446 g/mol. The van der Waals surface area contributed by atoms with Gasteiger partial charge in [-0.3, -0.25) is 0 Å². The molecule has 0 aliphatic carbocycles. The van der Waals surface area contributed by atoms with E-state index in [0.717, 1.165) is 37.1 Å². The van der Waals surface area contributed by atoms with Gasteiger partial charge in [0.1, 0.15) is 5.69 Å². The number of halogens is 1. The molecule has 0 radical (unpaired) electrons. The molecule has 0 unspecified atom stereocenters. The van der Waals surface area contributed by atoms with Crippen molar-refractivity contribution in [3.8, 4) is 11.5 Å². The van der Waals surface area contributed by atoms with Gasteiger partial charge >= 0.3 is 0 Å². The summed E-state index contributed by atoms with van der Waals surface area (Å²) in [5.74, 6) is 1.42. The summed E-state index contributed by atoms with van der Waals surface area (Å²) in [6.07, 6.45) is 3.92. The zero-order chi connectivity index (χ0) is 22.2. The summed E-state index contributed by atoms with van der Waals surface area (Å²) in [5, 5.41) is 29.8. The predicted molar refractivity (Wildman–Crippen MR) is 119 cm³/mol. The number of aromatic amines is 1. The number of rotatable bonds is 12. The van der Waals surface area contributed by atoms with Crippen molar-refractivity contribution in [2.24, 2.45) is 0 Å². The molecular weight excluding hydrogens is 420 g/mol. The second-order valence-electron chi connectivity index (χ2n) is 7.14. The third-order valence-electron chi connectivity index (χ3n) is 4.62. The first kappa shape index (κ1) is 22.5. The van der Waals surface area contributed by atoms with Gasteiger partial charge in [0, 0.05) is 25.9 Å². The number of unbranched alkanes of at least 4 members (excludes halogenated alkanes) is 1. The normalized spacial score (nSPS) is 10.9. The van der Waals surface area contributed by atoms with Gasteiger partial charge in [-0.25, -0.2) is 4.98 Å². The van der Waals surface area contributed by atoms with E-state index in [0.29, 0.717) is 47.9 Å². The largest absolute Gasteiger partial charge is 0.504 e. The molecule has 31 heavy (non-hydrogen) atoms. The highest BCUT2D eigenvalue weighted by molar-refractivity contribution is 6.28. The lowest BCUT2D eigenvalue weighted by atomic mass is 10.1. The molecule has 166 valence electrons. The van der Waals surface area contributed by atoms with E-state index in [9.17, 15) is 10.2 Å². The number of hydrogen-bond donors (Lipinski definition) is 5. The van der Waals surface area contributed by atoms with Gasteiger partial charge in [-0.05, 0) is 42.1 Å². The van der Waals surface area contributed by atoms with E-state index < -0.39 is 0 Å². The molecule has 0 amide bonds. The van der Waals surface area contributed by atoms with E-state index in [-0.39, 0.29) is 11.5 Å². The Kier molecular flexibility index (Phi) is 7.77. The van der Waals surface area contributed by atoms with Crippen LogP contribution < -0.4 is 10.6 Å². The first-order valence-electron chi connectivity index (χ1n) is 10.2. The molecule has 0 saturated heterocycles. The minimum Gasteiger partial charge on any atom is -0.504 e. The number of aromatic nitrogens is 4. The number of aryl methyl sites for hydroxylation is 1. The summed E-state index contributed by atoms with van der Waals surface area (Å²) < 4.78 is 5.29. The predicted octanol–water partition coefficient (Wildman–Crippen LogP) is 3.85. The number of aromatic hydroxyl groups is 2. The molecule has 0 aliphatic rings. The molecule has 0 atom stereocenters. The van der Waals surface area contributed by atoms with Crippen LogP contribution in [0.4, 0.5) is 5.82 Å². The lowest BCUT2D eigenvalue weighted by Gasteiger charge is -2.10. The number of phenols is 2. The van der Waals surface area contributed by atoms with E-state index in [1.165, 1.54) is 12.1 Å². The molecule has 9 nitrogen and oxygen atoms in total. The van der Waals surface area contributed by atoms with Crippen molar-refractivity contribution in [1.82, 2.24) is 25.4 Å². The average molecular weight is 447 g/mol. The van der Waals surface area contributed by atoms with Crippen molar-refractivity contribution in [1.29, 1.82) is 0 Å². The second kappa shape index (κ2) is 10.7. The van der Waals surface area contributed by atoms with Crippen LogP contribution in [-0.4, -0.2) is 43.4 Å². The molecule has 0 saturated carbocycles. The zero-order valence-corrected chi connectivity index (χ0v) is 18.2. The molecule has 0 aliphatic heterocycles. The summed E-state index contributed by atoms with van der Waals surface area (Å²) in [5.41, 5.74) is 2.23. The standard InChI is InChI=1S/C21H27ClN6O3/c1-3-4-9-24-20-19(26-21(22)27-20)13(2)23-10-5-6-18-25-17(28-31-18)12-14-7-8-15(29)16(30)11-14/h7-8,11,23-24,29-30H,2-6,9-10,12H2,1H3,(H,26,27). The maximum absolute atomic E-state index is 9.58. The van der Waals surface area contributed by atoms with E-state index in [1.54, 1.807) is 6.07 Å². The number of nitrogens with one attached hydrogen (secondary N) is 3. The number of phenolic OH excluding ortho intramolecular Hbond substituents is 2. The zero-order valence-electron chi connectivity index (χ0n) is 17.4. The Hall–Kier alpha value is -3.20. The van der Waals surface area contributed by atoms with Crippen LogP contribution in [-0.2, 0) is 12.8 Å². The Morgan fingerprint density at radius 2 is 2.03 bits per heavy atom. The van der Waals surface area contributed by atoms with Gasteiger partial charge in [0.2, 0.25) is 11.2 Å². The molecule has 2 aromatic heterocycles. The quantitative estimate of drug-likeness (QED) is 0.209. The van der Waals surface area contributed by atoms with E-state index in [1.807, 2.05) is 0 Å². The molecule has 5 N–H and O–H groups in total. The van der Waals surface area contributed by atoms with Crippen molar-refractivity contribution < 1.29 is 14.7 Å². The van der Waals surface area contributed by atoms with Gasteiger partial charge in [-0.15, -0.1) is 0 Å². The van der Waals surface area contributed by atoms with Gasteiger partial charge in [-0.2, -0.15) is 4.98 Å². The van der Waals surface area contributed by atoms with Crippen LogP contribution in [0, 0.1) is 0 Å². The maximum Gasteiger partial charge on any atom is 0.226 e. The summed E-state index contributed by atoms with van der Waals surface area (Å²) in [6.45, 7) is 7.68. The van der Waals surface area contributed by atoms with Crippen LogP contribution in [0.25, 0.3) is 5.70 Å². The highest BCUT2D eigenvalue weighted by atomic mass is 35.5. The minimum atomic E-state index is -0.171. The SMILES string of the molecule is C=C(NCCCc1nc(Cc2ccc(O)c(O)c2)no1)c1[nH]c(Cl)nc1NCCCC. The number of hydrogen-bond acceptors (Lipinski definition) is 8. The number of imidazole rings is 1. The van der Waals surface area contributed by atoms with Crippen LogP contribution in [0.1, 0.15) is 49.2 Å². The van der Waals surface area contributed by atoms with Gasteiger partial charge in [-0.1, -0.05) is 31.1 Å². The summed E-state index contributed by atoms with van der Waals surface area (Å²) >= 11 is 6.01. The Labute approximate surface area is 185 Å². The first-order chi connectivity index (χ1) is 15.0. The van der Waals surface area contributed by atoms with Crippen LogP contribution in [0.2, 0.25) is 5.28 Å². The number of anilines is 1. The third-order valence-corrected chi connectivity index (χ3v) is 4.80. The molecule has 0 bridgehead atoms. The Morgan fingerprint density at radius 1 is 1.19 bits per heavy atom. The van der Waals surface area contributed by atoms with E-state index in [2.05, 4.69) is 44.2 Å². The van der Waals surface area contributed by atoms with Crippen LogP contribution >= 0.6 is 11.6 Å². The fourth-order valence-electron chi connectivity index (χ4n) is 2.97. The Bertz CT molecular complexity index is 1020. The Balaban J connectivity index is 1.45. The van der Waals surface area contributed by atoms with Crippen LogP contribution in [0.15, 0.2) is 29.3 Å². The lowest BCUT2D eigenvalue weighted by Crippen LogP contribution is -2.15. The maximum atomic E-state index is 9.58. The van der Waals surface area contributed by atoms with E-state index >= 15 is 0 Å². The molecule has 3 rings (SSSR count). The van der Waals surface area contributed by atoms with Crippen molar-refractivity contribution in [2.45, 2.75) is 39.0 Å². The third kappa shape index (κ3) is 6.39. The average Bonchev–Trinajstić information content (AvgIpc) is 3.34. The topological polar surface area (TPSA) is 132 Å². The van der Waals surface area contributed by atoms with Crippen molar-refractivity contribution >= 4 is 23.1 Å².